The van der Waals surface area contributed by atoms with Gasteiger partial charge < -0.3 is 36.6 Å². The van der Waals surface area contributed by atoms with Crippen LogP contribution in [0.1, 0.15) is 63.4 Å². The number of phenolic OH excluding ortho intramolecular Hbond substituents is 1. The second kappa shape index (κ2) is 18.4. The van der Waals surface area contributed by atoms with E-state index in [0.717, 1.165) is 24.1 Å². The monoisotopic (exact) mass is 763 g/mol. The zero-order valence-corrected chi connectivity index (χ0v) is 29.5. The average molecular weight is 766 g/mol. The number of halogens is 2. The lowest BCUT2D eigenvalue weighted by molar-refractivity contribution is -0.137. The summed E-state index contributed by atoms with van der Waals surface area (Å²) >= 11 is 6.71. The lowest BCUT2D eigenvalue weighted by Gasteiger charge is -2.37. The van der Waals surface area contributed by atoms with Gasteiger partial charge in [-0.3, -0.25) is 14.6 Å². The highest BCUT2D eigenvalue weighted by Gasteiger charge is 2.31. The van der Waals surface area contributed by atoms with Gasteiger partial charge >= 0.3 is 6.03 Å². The molecule has 0 spiro atoms. The molecule has 2 atom stereocenters. The van der Waals surface area contributed by atoms with E-state index >= 15 is 0 Å². The maximum atomic E-state index is 13.9. The van der Waals surface area contributed by atoms with Crippen LogP contribution in [0.4, 0.5) is 10.5 Å². The molecule has 2 heterocycles. The van der Waals surface area contributed by atoms with E-state index in [2.05, 4.69) is 57.7 Å². The number of aromatic nitrogens is 1. The number of nitrogens with two attached hydrogens (primary N) is 1. The fourth-order valence-electron chi connectivity index (χ4n) is 6.24. The summed E-state index contributed by atoms with van der Waals surface area (Å²) in [5.41, 5.74) is 7.53. The molecule has 46 heavy (non-hydrogen) atoms. The molecule has 252 valence electrons. The van der Waals surface area contributed by atoms with Crippen molar-refractivity contribution in [3.63, 3.8) is 0 Å². The molecule has 4 amide bonds. The lowest BCUT2D eigenvalue weighted by Crippen LogP contribution is -2.58. The number of hydrogen-bond acceptors (Lipinski definition) is 7. The van der Waals surface area contributed by atoms with Crippen LogP contribution in [0.15, 0.2) is 45.6 Å². The van der Waals surface area contributed by atoms with Gasteiger partial charge in [-0.05, 0) is 99.8 Å². The fraction of sp³-hybridized carbons (Fsp3) is 0.576. The highest BCUT2D eigenvalue weighted by atomic mass is 79.9. The quantitative estimate of drug-likeness (QED) is 0.178. The van der Waals surface area contributed by atoms with Gasteiger partial charge in [0.25, 0.3) is 0 Å². The second-order valence-corrected chi connectivity index (χ2v) is 13.9. The molecule has 2 aromatic rings. The fourth-order valence-corrected chi connectivity index (χ4v) is 7.52. The second-order valence-electron chi connectivity index (χ2n) is 12.2. The van der Waals surface area contributed by atoms with Crippen molar-refractivity contribution < 1.29 is 19.5 Å². The van der Waals surface area contributed by atoms with Crippen LogP contribution >= 0.6 is 31.9 Å². The Hall–Kier alpha value is -2.90. The summed E-state index contributed by atoms with van der Waals surface area (Å²) in [6.45, 7) is 3.45. The first-order chi connectivity index (χ1) is 22.2. The highest BCUT2D eigenvalue weighted by molar-refractivity contribution is 9.11. The number of amides is 4. The van der Waals surface area contributed by atoms with Gasteiger partial charge in [0.1, 0.15) is 17.8 Å². The molecule has 0 unspecified atom stereocenters. The Balaban J connectivity index is 1.43. The first kappa shape index (κ1) is 35.9. The number of hydrogen-bond donors (Lipinski definition) is 5. The number of nitrogens with one attached hydrogen (secondary N) is 3. The van der Waals surface area contributed by atoms with Crippen LogP contribution in [0.5, 0.6) is 5.75 Å². The molecule has 6 N–H and O–H groups in total. The van der Waals surface area contributed by atoms with Crippen molar-refractivity contribution in [2.75, 3.05) is 44.2 Å². The van der Waals surface area contributed by atoms with Crippen LogP contribution in [0.25, 0.3) is 0 Å². The van der Waals surface area contributed by atoms with E-state index in [1.165, 1.54) is 32.1 Å². The van der Waals surface area contributed by atoms with Crippen molar-refractivity contribution in [1.82, 2.24) is 25.8 Å². The summed E-state index contributed by atoms with van der Waals surface area (Å²) in [4.78, 5) is 48.8. The standard InChI is InChI=1S/C33H47Br2N7O4/c34-26-20-24(21-27(35)30(26)43)22-29(40-33(46)38-15-9-23-6-2-1-3-7-23)31(44)39-28(8-4-5-12-36)32(45)42-18-16-41(17-19-42)25-10-13-37-14-11-25/h10-11,13-14,20-21,23,28-29,43H,1-9,12,15-19,22,36H2,(H,39,44)(H2,38,40,46)/t28-,29-/m0/s1. The number of rotatable bonds is 14. The molecule has 1 saturated carbocycles. The van der Waals surface area contributed by atoms with Gasteiger partial charge in [-0.25, -0.2) is 4.79 Å². The molecular weight excluding hydrogens is 718 g/mol. The number of nitrogens with zero attached hydrogens (tertiary/aromatic N) is 3. The van der Waals surface area contributed by atoms with Crippen molar-refractivity contribution in [3.05, 3.63) is 51.2 Å². The van der Waals surface area contributed by atoms with E-state index < -0.39 is 24.0 Å². The Bertz CT molecular complexity index is 1270. The van der Waals surface area contributed by atoms with Crippen molar-refractivity contribution in [3.8, 4) is 5.75 Å². The SMILES string of the molecule is NCCCC[C@H](NC(=O)[C@H](Cc1cc(Br)c(O)c(Br)c1)NC(=O)NCCC1CCCCC1)C(=O)N1CCN(c2ccncc2)CC1. The minimum absolute atomic E-state index is 0.0489. The number of phenols is 1. The van der Waals surface area contributed by atoms with Gasteiger partial charge in [0, 0.05) is 57.2 Å². The van der Waals surface area contributed by atoms with Crippen LogP contribution in [0, 0.1) is 5.92 Å². The van der Waals surface area contributed by atoms with E-state index in [1.54, 1.807) is 29.4 Å². The number of anilines is 1. The zero-order valence-electron chi connectivity index (χ0n) is 26.4. The van der Waals surface area contributed by atoms with Crippen LogP contribution in [0.3, 0.4) is 0 Å². The Kier molecular flexibility index (Phi) is 14.4. The number of benzene rings is 1. The van der Waals surface area contributed by atoms with Gasteiger partial charge in [-0.2, -0.15) is 0 Å². The van der Waals surface area contributed by atoms with Gasteiger partial charge in [0.15, 0.2) is 0 Å². The zero-order chi connectivity index (χ0) is 32.9. The van der Waals surface area contributed by atoms with Gasteiger partial charge in [-0.1, -0.05) is 32.1 Å². The smallest absolute Gasteiger partial charge is 0.315 e. The van der Waals surface area contributed by atoms with Gasteiger partial charge in [0.05, 0.1) is 8.95 Å². The molecule has 2 fully saturated rings. The third kappa shape index (κ3) is 10.8. The average Bonchev–Trinajstić information content (AvgIpc) is 3.07. The number of unbranched alkanes of at least 4 members (excludes halogenated alkanes) is 1. The molecule has 1 aliphatic carbocycles. The van der Waals surface area contributed by atoms with E-state index in [9.17, 15) is 19.5 Å². The number of carbonyl (C=O) groups is 3. The summed E-state index contributed by atoms with van der Waals surface area (Å²) in [7, 11) is 0. The normalized spacial score (nSPS) is 16.8. The summed E-state index contributed by atoms with van der Waals surface area (Å²) in [6, 6.07) is 5.22. The minimum atomic E-state index is -0.952. The first-order valence-corrected chi connectivity index (χ1v) is 18.0. The molecule has 2 aliphatic rings. The van der Waals surface area contributed by atoms with Crippen molar-refractivity contribution >= 4 is 55.4 Å². The maximum Gasteiger partial charge on any atom is 0.315 e. The third-order valence-electron chi connectivity index (χ3n) is 8.88. The van der Waals surface area contributed by atoms with Gasteiger partial charge in [0.2, 0.25) is 11.8 Å². The number of carbonyl (C=O) groups excluding carboxylic acids is 3. The van der Waals surface area contributed by atoms with Crippen molar-refractivity contribution in [2.24, 2.45) is 11.7 Å². The maximum absolute atomic E-state index is 13.9. The highest BCUT2D eigenvalue weighted by Crippen LogP contribution is 2.33. The Labute approximate surface area is 288 Å². The van der Waals surface area contributed by atoms with E-state index in [0.29, 0.717) is 67.0 Å². The molecular formula is C33H47Br2N7O4. The topological polar surface area (TPSA) is 153 Å². The van der Waals surface area contributed by atoms with E-state index in [-0.39, 0.29) is 18.1 Å². The third-order valence-corrected chi connectivity index (χ3v) is 10.1. The molecule has 1 saturated heterocycles. The first-order valence-electron chi connectivity index (χ1n) is 16.4. The number of piperazine rings is 1. The summed E-state index contributed by atoms with van der Waals surface area (Å²) in [5.74, 6) is 0.0919. The molecule has 11 nitrogen and oxygen atoms in total. The van der Waals surface area contributed by atoms with E-state index in [1.807, 2.05) is 12.1 Å². The number of urea groups is 1. The molecule has 1 aromatic heterocycles. The largest absolute Gasteiger partial charge is 0.506 e. The summed E-state index contributed by atoms with van der Waals surface area (Å²) < 4.78 is 0.933. The minimum Gasteiger partial charge on any atom is -0.506 e. The van der Waals surface area contributed by atoms with Crippen molar-refractivity contribution in [1.29, 1.82) is 0 Å². The molecule has 4 rings (SSSR count). The predicted molar refractivity (Wildman–Crippen MR) is 187 cm³/mol. The predicted octanol–water partition coefficient (Wildman–Crippen LogP) is 4.46. The van der Waals surface area contributed by atoms with Crippen LogP contribution in [0.2, 0.25) is 0 Å². The molecule has 1 aliphatic heterocycles. The van der Waals surface area contributed by atoms with Crippen LogP contribution < -0.4 is 26.6 Å². The Morgan fingerprint density at radius 3 is 2.28 bits per heavy atom. The molecule has 0 radical (unpaired) electrons. The van der Waals surface area contributed by atoms with Crippen LogP contribution in [-0.4, -0.2) is 84.2 Å². The van der Waals surface area contributed by atoms with Gasteiger partial charge in [-0.15, -0.1) is 0 Å². The molecule has 1 aromatic carbocycles. The lowest BCUT2D eigenvalue weighted by atomic mass is 9.87. The van der Waals surface area contributed by atoms with Crippen molar-refractivity contribution in [2.45, 2.75) is 76.3 Å². The number of aromatic hydroxyl groups is 1. The Morgan fingerprint density at radius 2 is 1.63 bits per heavy atom. The number of pyridine rings is 1. The Morgan fingerprint density at radius 1 is 0.957 bits per heavy atom. The van der Waals surface area contributed by atoms with Crippen LogP contribution in [-0.2, 0) is 16.0 Å². The molecule has 0 bridgehead atoms. The summed E-state index contributed by atoms with van der Waals surface area (Å²) in [5, 5.41) is 19.0. The van der Waals surface area contributed by atoms with E-state index in [4.69, 9.17) is 5.73 Å². The molecule has 13 heteroatoms. The summed E-state index contributed by atoms with van der Waals surface area (Å²) in [6.07, 6.45) is 12.6.